The molecule has 10 heteroatoms. The van der Waals surface area contributed by atoms with E-state index in [-0.39, 0.29) is 26.5 Å². The minimum atomic E-state index is -1.07. The molecule has 0 saturated carbocycles. The van der Waals surface area contributed by atoms with Crippen molar-refractivity contribution >= 4 is 12.0 Å². The molecule has 0 radical (unpaired) electrons. The molecular weight excluding hydrogens is 496 g/mol. The number of alkyl carbamates (subject to hydrolysis) is 1. The van der Waals surface area contributed by atoms with Crippen LogP contribution in [0.2, 0.25) is 0 Å². The standard InChI is InChI=1S/C28H36N6O4.CH4/c1-4-38-26(36)31-28(21-13-9-6-10-14-21)15-16-34-23(17-28)32-33-24(34)22(30-25(35)27(2,3)29)19-37-18-20-11-7-5-8-12-20;/h5-14,22H,4,15-19,29H2,1-3H3,(H,30,35)(H,31,36);1H4/t22-,28?;/m1./s1. The van der Waals surface area contributed by atoms with E-state index in [0.717, 1.165) is 11.1 Å². The van der Waals surface area contributed by atoms with Crippen molar-refractivity contribution in [2.45, 2.75) is 71.3 Å². The Morgan fingerprint density at radius 3 is 2.41 bits per heavy atom. The first-order valence-electron chi connectivity index (χ1n) is 12.9. The van der Waals surface area contributed by atoms with Gasteiger partial charge in [0.1, 0.15) is 11.9 Å². The van der Waals surface area contributed by atoms with Crippen LogP contribution in [0.5, 0.6) is 0 Å². The monoisotopic (exact) mass is 536 g/mol. The predicted molar refractivity (Wildman–Crippen MR) is 149 cm³/mol. The lowest BCUT2D eigenvalue weighted by Crippen LogP contribution is -2.52. The van der Waals surface area contributed by atoms with E-state index in [4.69, 9.17) is 15.2 Å². The zero-order valence-electron chi connectivity index (χ0n) is 22.1. The third-order valence-electron chi connectivity index (χ3n) is 6.62. The lowest BCUT2D eigenvalue weighted by atomic mass is 9.81. The van der Waals surface area contributed by atoms with E-state index in [9.17, 15) is 9.59 Å². The second-order valence-corrected chi connectivity index (χ2v) is 10.1. The van der Waals surface area contributed by atoms with Crippen molar-refractivity contribution in [3.8, 4) is 0 Å². The number of hydrogen-bond donors (Lipinski definition) is 3. The van der Waals surface area contributed by atoms with Crippen LogP contribution >= 0.6 is 0 Å². The highest BCUT2D eigenvalue weighted by Gasteiger charge is 2.41. The summed E-state index contributed by atoms with van der Waals surface area (Å²) in [5, 5.41) is 15.0. The van der Waals surface area contributed by atoms with Crippen molar-refractivity contribution in [3.63, 3.8) is 0 Å². The van der Waals surface area contributed by atoms with Gasteiger partial charge >= 0.3 is 6.09 Å². The van der Waals surface area contributed by atoms with Gasteiger partial charge in [0.2, 0.25) is 5.91 Å². The Balaban J connectivity index is 0.00000420. The number of nitrogens with one attached hydrogen (secondary N) is 2. The van der Waals surface area contributed by atoms with Gasteiger partial charge in [-0.05, 0) is 38.3 Å². The first-order valence-corrected chi connectivity index (χ1v) is 12.9. The fraction of sp³-hybridized carbons (Fsp3) is 0.448. The van der Waals surface area contributed by atoms with Gasteiger partial charge < -0.3 is 30.4 Å². The molecule has 2 heterocycles. The first kappa shape index (κ1) is 29.8. The topological polar surface area (TPSA) is 133 Å². The average Bonchev–Trinajstić information content (AvgIpc) is 3.31. The molecule has 4 rings (SSSR count). The number of amides is 2. The number of ether oxygens (including phenoxy) is 2. The van der Waals surface area contributed by atoms with Crippen LogP contribution in [0.25, 0.3) is 0 Å². The molecule has 0 saturated heterocycles. The molecule has 210 valence electrons. The van der Waals surface area contributed by atoms with Crippen molar-refractivity contribution in [3.05, 3.63) is 83.4 Å². The molecule has 0 aliphatic carbocycles. The number of fused-ring (bicyclic) bond motifs is 1. The molecule has 3 aromatic rings. The third kappa shape index (κ3) is 7.21. The lowest BCUT2D eigenvalue weighted by Gasteiger charge is -2.38. The van der Waals surface area contributed by atoms with Crippen molar-refractivity contribution in [1.82, 2.24) is 25.4 Å². The Kier molecular flexibility index (Phi) is 9.82. The second-order valence-electron chi connectivity index (χ2n) is 10.1. The molecule has 2 amide bonds. The maximum atomic E-state index is 12.8. The summed E-state index contributed by atoms with van der Waals surface area (Å²) in [7, 11) is 0. The minimum Gasteiger partial charge on any atom is -0.450 e. The number of hydrogen-bond acceptors (Lipinski definition) is 7. The Morgan fingerprint density at radius 1 is 1.10 bits per heavy atom. The van der Waals surface area contributed by atoms with Crippen molar-refractivity contribution in [1.29, 1.82) is 0 Å². The van der Waals surface area contributed by atoms with Crippen LogP contribution in [0.1, 0.15) is 63.4 Å². The van der Waals surface area contributed by atoms with Gasteiger partial charge in [0.05, 0.1) is 30.9 Å². The van der Waals surface area contributed by atoms with Crippen LogP contribution in [-0.4, -0.2) is 45.5 Å². The molecule has 0 fully saturated rings. The molecule has 39 heavy (non-hydrogen) atoms. The van der Waals surface area contributed by atoms with E-state index in [0.29, 0.717) is 37.6 Å². The predicted octanol–water partition coefficient (Wildman–Crippen LogP) is 3.61. The van der Waals surface area contributed by atoms with Crippen LogP contribution in [0.3, 0.4) is 0 Å². The second kappa shape index (κ2) is 12.9. The van der Waals surface area contributed by atoms with Gasteiger partial charge in [-0.15, -0.1) is 10.2 Å². The highest BCUT2D eigenvalue weighted by molar-refractivity contribution is 5.85. The smallest absolute Gasteiger partial charge is 0.407 e. The SMILES string of the molecule is C.CCOC(=O)NC1(c2ccccc2)CCn2c(nnc2[C@@H](COCc2ccccc2)NC(=O)C(C)(C)N)C1. The quantitative estimate of drug-likeness (QED) is 0.360. The molecule has 1 aliphatic heterocycles. The summed E-state index contributed by atoms with van der Waals surface area (Å²) in [4.78, 5) is 25.3. The van der Waals surface area contributed by atoms with Crippen LogP contribution in [0.15, 0.2) is 60.7 Å². The lowest BCUT2D eigenvalue weighted by molar-refractivity contribution is -0.126. The van der Waals surface area contributed by atoms with E-state index in [1.807, 2.05) is 65.2 Å². The van der Waals surface area contributed by atoms with Crippen LogP contribution in [-0.2, 0) is 39.4 Å². The third-order valence-corrected chi connectivity index (χ3v) is 6.62. The van der Waals surface area contributed by atoms with E-state index in [2.05, 4.69) is 20.8 Å². The number of nitrogens with two attached hydrogens (primary N) is 1. The largest absolute Gasteiger partial charge is 0.450 e. The van der Waals surface area contributed by atoms with E-state index < -0.39 is 23.2 Å². The van der Waals surface area contributed by atoms with Crippen LogP contribution in [0, 0.1) is 0 Å². The molecule has 10 nitrogen and oxygen atoms in total. The molecule has 1 aliphatic rings. The number of carbonyl (C=O) groups excluding carboxylic acids is 2. The van der Waals surface area contributed by atoms with Gasteiger partial charge in [0.25, 0.3) is 0 Å². The summed E-state index contributed by atoms with van der Waals surface area (Å²) in [6.07, 6.45) is 0.521. The van der Waals surface area contributed by atoms with Crippen molar-refractivity contribution < 1.29 is 19.1 Å². The number of nitrogens with zero attached hydrogens (tertiary/aromatic N) is 3. The van der Waals surface area contributed by atoms with Gasteiger partial charge in [-0.2, -0.15) is 0 Å². The summed E-state index contributed by atoms with van der Waals surface area (Å²) in [5.41, 5.74) is 6.28. The zero-order valence-corrected chi connectivity index (χ0v) is 22.1. The maximum Gasteiger partial charge on any atom is 0.407 e. The Labute approximate surface area is 230 Å². The molecule has 0 bridgehead atoms. The molecular formula is C29H40N6O4. The average molecular weight is 537 g/mol. The van der Waals surface area contributed by atoms with E-state index in [1.165, 1.54) is 0 Å². The summed E-state index contributed by atoms with van der Waals surface area (Å²) < 4.78 is 13.2. The van der Waals surface area contributed by atoms with Gasteiger partial charge in [-0.1, -0.05) is 68.1 Å². The Morgan fingerprint density at radius 2 is 1.77 bits per heavy atom. The zero-order chi connectivity index (χ0) is 27.2. The number of rotatable bonds is 10. The van der Waals surface area contributed by atoms with E-state index in [1.54, 1.807) is 20.8 Å². The van der Waals surface area contributed by atoms with E-state index >= 15 is 0 Å². The minimum absolute atomic E-state index is 0. The van der Waals surface area contributed by atoms with Crippen LogP contribution in [0.4, 0.5) is 4.79 Å². The molecule has 2 atom stereocenters. The number of carbonyl (C=O) groups is 2. The summed E-state index contributed by atoms with van der Waals surface area (Å²) in [5.74, 6) is 0.964. The maximum absolute atomic E-state index is 12.8. The molecule has 0 spiro atoms. The summed E-state index contributed by atoms with van der Waals surface area (Å²) >= 11 is 0. The number of benzene rings is 2. The van der Waals surface area contributed by atoms with Gasteiger partial charge in [-0.3, -0.25) is 4.79 Å². The highest BCUT2D eigenvalue weighted by Crippen LogP contribution is 2.35. The molecule has 4 N–H and O–H groups in total. The van der Waals surface area contributed by atoms with Crippen LogP contribution < -0.4 is 16.4 Å². The molecule has 1 aromatic heterocycles. The first-order chi connectivity index (χ1) is 18.2. The Bertz CT molecular complexity index is 1230. The fourth-order valence-corrected chi connectivity index (χ4v) is 4.58. The normalized spacial score (nSPS) is 17.3. The highest BCUT2D eigenvalue weighted by atomic mass is 16.5. The van der Waals surface area contributed by atoms with Crippen molar-refractivity contribution in [2.24, 2.45) is 5.73 Å². The van der Waals surface area contributed by atoms with Gasteiger partial charge in [0.15, 0.2) is 5.82 Å². The van der Waals surface area contributed by atoms with Gasteiger partial charge in [0, 0.05) is 13.0 Å². The van der Waals surface area contributed by atoms with Crippen molar-refractivity contribution in [2.75, 3.05) is 13.2 Å². The Hall–Kier alpha value is -3.76. The molecule has 2 aromatic carbocycles. The molecule has 1 unspecified atom stereocenters. The summed E-state index contributed by atoms with van der Waals surface area (Å²) in [6.45, 7) is 6.46. The summed E-state index contributed by atoms with van der Waals surface area (Å²) in [6, 6.07) is 19.1. The number of aromatic nitrogens is 3. The fourth-order valence-electron chi connectivity index (χ4n) is 4.58. The van der Waals surface area contributed by atoms with Gasteiger partial charge in [-0.25, -0.2) is 4.79 Å².